The number of nitriles is 1. The Balaban J connectivity index is 1.68. The zero-order valence-corrected chi connectivity index (χ0v) is 18.1. The van der Waals surface area contributed by atoms with Crippen molar-refractivity contribution < 1.29 is 4.40 Å². The van der Waals surface area contributed by atoms with Crippen LogP contribution in [-0.2, 0) is 12.8 Å². The molecule has 0 amide bonds. The van der Waals surface area contributed by atoms with E-state index in [1.54, 1.807) is 0 Å². The molecular formula is C28H25N4+. The normalized spacial score (nSPS) is 11.0. The molecule has 0 aliphatic carbocycles. The highest BCUT2D eigenvalue weighted by molar-refractivity contribution is 5.78. The molecule has 0 aliphatic rings. The lowest BCUT2D eigenvalue weighted by Gasteiger charge is -2.14. The van der Waals surface area contributed by atoms with Crippen molar-refractivity contribution in [2.45, 2.75) is 19.8 Å². The van der Waals surface area contributed by atoms with Crippen LogP contribution in [0.15, 0.2) is 84.9 Å². The molecule has 4 heteroatoms. The summed E-state index contributed by atoms with van der Waals surface area (Å²) in [6, 6.07) is 31.6. The third kappa shape index (κ3) is 3.59. The minimum absolute atomic E-state index is 0.695. The second kappa shape index (κ2) is 8.56. The molecule has 5 aromatic rings. The average molecular weight is 418 g/mol. The van der Waals surface area contributed by atoms with Crippen LogP contribution in [0.25, 0.3) is 16.7 Å². The van der Waals surface area contributed by atoms with E-state index in [-0.39, 0.29) is 0 Å². The van der Waals surface area contributed by atoms with Crippen LogP contribution < -0.4 is 9.72 Å². The smallest absolute Gasteiger partial charge is 0.250 e. The Bertz CT molecular complexity index is 1430. The van der Waals surface area contributed by atoms with Crippen LogP contribution in [0, 0.1) is 18.3 Å². The molecule has 2 N–H and O–H groups in total. The molecule has 0 bridgehead atoms. The Labute approximate surface area is 187 Å². The van der Waals surface area contributed by atoms with E-state index in [1.165, 1.54) is 11.1 Å². The van der Waals surface area contributed by atoms with Crippen molar-refractivity contribution in [1.82, 2.24) is 4.98 Å². The second-order valence-electron chi connectivity index (χ2n) is 8.09. The Hall–Kier alpha value is -4.10. The monoisotopic (exact) mass is 417 g/mol. The van der Waals surface area contributed by atoms with Gasteiger partial charge in [-0.05, 0) is 35.7 Å². The Kier molecular flexibility index (Phi) is 5.31. The van der Waals surface area contributed by atoms with Gasteiger partial charge in [0, 0.05) is 18.4 Å². The standard InChI is InChI=1S/C28H24N4/c1-20-23(18-22-12-6-3-7-13-22)27(30-17-16-21-10-4-2-5-11-21)32-26-15-9-8-14-25(26)31-28(32)24(20)19-29/h2-15H,16-18H2,1H3,(H,30,31)/p+1. The molecule has 32 heavy (non-hydrogen) atoms. The molecule has 4 nitrogen and oxygen atoms in total. The first-order valence-corrected chi connectivity index (χ1v) is 11.0. The van der Waals surface area contributed by atoms with Crippen molar-refractivity contribution in [3.05, 3.63) is 113 Å². The summed E-state index contributed by atoms with van der Waals surface area (Å²) in [5.74, 6) is 1.05. The number of hydrogen-bond acceptors (Lipinski definition) is 2. The van der Waals surface area contributed by atoms with Gasteiger partial charge in [-0.25, -0.2) is 0 Å². The maximum atomic E-state index is 10.0. The van der Waals surface area contributed by atoms with Gasteiger partial charge in [0.25, 0.3) is 0 Å². The van der Waals surface area contributed by atoms with Crippen LogP contribution in [-0.4, -0.2) is 11.5 Å². The highest BCUT2D eigenvalue weighted by Gasteiger charge is 2.25. The van der Waals surface area contributed by atoms with Crippen molar-refractivity contribution in [3.63, 3.8) is 0 Å². The largest absolute Gasteiger partial charge is 0.305 e. The third-order valence-corrected chi connectivity index (χ3v) is 6.08. The zero-order chi connectivity index (χ0) is 21.9. The van der Waals surface area contributed by atoms with E-state index in [2.05, 4.69) is 88.4 Å². The van der Waals surface area contributed by atoms with Crippen LogP contribution in [0.4, 0.5) is 5.82 Å². The van der Waals surface area contributed by atoms with Crippen molar-refractivity contribution in [3.8, 4) is 6.07 Å². The van der Waals surface area contributed by atoms with Crippen LogP contribution >= 0.6 is 0 Å². The molecule has 0 aliphatic heterocycles. The van der Waals surface area contributed by atoms with E-state index in [4.69, 9.17) is 0 Å². The fraction of sp³-hybridized carbons (Fsp3) is 0.143. The number of rotatable bonds is 6. The summed E-state index contributed by atoms with van der Waals surface area (Å²) < 4.78 is 2.18. The van der Waals surface area contributed by atoms with Crippen molar-refractivity contribution in [2.24, 2.45) is 0 Å². The summed E-state index contributed by atoms with van der Waals surface area (Å²) in [6.45, 7) is 2.86. The number of H-pyrrole nitrogens is 1. The molecule has 2 heterocycles. The molecule has 0 atom stereocenters. The number of benzene rings is 3. The summed E-state index contributed by atoms with van der Waals surface area (Å²) in [4.78, 5) is 3.48. The number of nitrogens with zero attached hydrogens (tertiary/aromatic N) is 2. The first-order valence-electron chi connectivity index (χ1n) is 11.0. The summed E-state index contributed by atoms with van der Waals surface area (Å²) in [5, 5.41) is 13.8. The minimum Gasteiger partial charge on any atom is -0.305 e. The first kappa shape index (κ1) is 19.8. The molecule has 0 saturated carbocycles. The molecule has 3 aromatic carbocycles. The van der Waals surface area contributed by atoms with Gasteiger partial charge in [-0.1, -0.05) is 72.8 Å². The maximum Gasteiger partial charge on any atom is 0.250 e. The summed E-state index contributed by atoms with van der Waals surface area (Å²) in [5.41, 5.74) is 8.32. The van der Waals surface area contributed by atoms with Gasteiger partial charge in [-0.2, -0.15) is 9.66 Å². The fourth-order valence-electron chi connectivity index (χ4n) is 4.43. The van der Waals surface area contributed by atoms with Gasteiger partial charge in [0.05, 0.1) is 6.54 Å². The summed E-state index contributed by atoms with van der Waals surface area (Å²) in [6.07, 6.45) is 1.69. The predicted molar refractivity (Wildman–Crippen MR) is 129 cm³/mol. The number of para-hydroxylation sites is 2. The van der Waals surface area contributed by atoms with E-state index in [0.717, 1.165) is 53.0 Å². The number of pyridine rings is 1. The number of aromatic nitrogens is 2. The maximum absolute atomic E-state index is 10.0. The molecule has 0 fully saturated rings. The zero-order valence-electron chi connectivity index (χ0n) is 18.1. The number of hydrogen-bond donors (Lipinski definition) is 2. The summed E-state index contributed by atoms with van der Waals surface area (Å²) in [7, 11) is 0. The highest BCUT2D eigenvalue weighted by atomic mass is 15.1. The number of anilines is 1. The summed E-state index contributed by atoms with van der Waals surface area (Å²) >= 11 is 0. The predicted octanol–water partition coefficient (Wildman–Crippen LogP) is 5.33. The Morgan fingerprint density at radius 2 is 1.53 bits per heavy atom. The van der Waals surface area contributed by atoms with E-state index >= 15 is 0 Å². The topological polar surface area (TPSA) is 55.7 Å². The number of aromatic amines is 1. The molecule has 2 aromatic heterocycles. The number of fused-ring (bicyclic) bond motifs is 3. The lowest BCUT2D eigenvalue weighted by Crippen LogP contribution is -2.30. The lowest BCUT2D eigenvalue weighted by molar-refractivity contribution is -0.465. The second-order valence-corrected chi connectivity index (χ2v) is 8.09. The van der Waals surface area contributed by atoms with Gasteiger partial charge in [-0.3, -0.25) is 4.98 Å². The van der Waals surface area contributed by atoms with Gasteiger partial charge >= 0.3 is 0 Å². The van der Waals surface area contributed by atoms with Gasteiger partial charge < -0.3 is 5.32 Å². The minimum atomic E-state index is 0.695. The molecule has 0 unspecified atom stereocenters. The lowest BCUT2D eigenvalue weighted by atomic mass is 9.97. The molecule has 156 valence electrons. The van der Waals surface area contributed by atoms with Crippen LogP contribution in [0.5, 0.6) is 0 Å². The fourth-order valence-corrected chi connectivity index (χ4v) is 4.43. The number of nitrogens with one attached hydrogen (secondary N) is 2. The Morgan fingerprint density at radius 1 is 0.875 bits per heavy atom. The third-order valence-electron chi connectivity index (χ3n) is 6.08. The number of imidazole rings is 1. The van der Waals surface area contributed by atoms with Crippen molar-refractivity contribution in [1.29, 1.82) is 5.26 Å². The van der Waals surface area contributed by atoms with Crippen LogP contribution in [0.1, 0.15) is 27.8 Å². The van der Waals surface area contributed by atoms with Crippen LogP contribution in [0.2, 0.25) is 0 Å². The van der Waals surface area contributed by atoms with Crippen molar-refractivity contribution in [2.75, 3.05) is 11.9 Å². The van der Waals surface area contributed by atoms with Crippen LogP contribution in [0.3, 0.4) is 0 Å². The van der Waals surface area contributed by atoms with E-state index in [1.807, 2.05) is 24.3 Å². The van der Waals surface area contributed by atoms with Crippen molar-refractivity contribution >= 4 is 22.5 Å². The van der Waals surface area contributed by atoms with E-state index < -0.39 is 0 Å². The molecule has 5 rings (SSSR count). The SMILES string of the molecule is Cc1c(Cc2ccccc2)c(NCCc2ccccc2)[n+]2c([nH]c3ccccc32)c1C#N. The molecule has 0 saturated heterocycles. The van der Waals surface area contributed by atoms with Gasteiger partial charge in [-0.15, -0.1) is 0 Å². The van der Waals surface area contributed by atoms with E-state index in [0.29, 0.717) is 5.56 Å². The van der Waals surface area contributed by atoms with Gasteiger partial charge in [0.2, 0.25) is 11.5 Å². The Morgan fingerprint density at radius 3 is 2.25 bits per heavy atom. The quantitative estimate of drug-likeness (QED) is 0.367. The molecule has 0 radical (unpaired) electrons. The van der Waals surface area contributed by atoms with Gasteiger partial charge in [0.1, 0.15) is 22.7 Å². The average Bonchev–Trinajstić information content (AvgIpc) is 3.21. The molecular weight excluding hydrogens is 392 g/mol. The highest BCUT2D eigenvalue weighted by Crippen LogP contribution is 2.27. The first-order chi connectivity index (χ1) is 15.8. The van der Waals surface area contributed by atoms with Gasteiger partial charge in [0.15, 0.2) is 0 Å². The molecule has 0 spiro atoms. The van der Waals surface area contributed by atoms with E-state index in [9.17, 15) is 5.26 Å².